The van der Waals surface area contributed by atoms with Crippen LogP contribution in [0.15, 0.2) is 18.2 Å². The second-order valence-electron chi connectivity index (χ2n) is 4.62. The maximum atomic E-state index is 13.5. The third-order valence-corrected chi connectivity index (χ3v) is 2.77. The molecular formula is C14H21FN2O2. The molecule has 4 nitrogen and oxygen atoms in total. The molecule has 1 aromatic carbocycles. The van der Waals surface area contributed by atoms with E-state index in [4.69, 9.17) is 10.5 Å². The van der Waals surface area contributed by atoms with Crippen LogP contribution in [0.2, 0.25) is 0 Å². The lowest BCUT2D eigenvalue weighted by Gasteiger charge is -2.19. The monoisotopic (exact) mass is 268 g/mol. The van der Waals surface area contributed by atoms with Gasteiger partial charge in [-0.1, -0.05) is 19.4 Å². The van der Waals surface area contributed by atoms with Crippen LogP contribution in [0.5, 0.6) is 5.75 Å². The van der Waals surface area contributed by atoms with Crippen molar-refractivity contribution in [3.05, 3.63) is 24.0 Å². The molecular weight excluding hydrogens is 247 g/mol. The van der Waals surface area contributed by atoms with Gasteiger partial charge in [0.1, 0.15) is 0 Å². The Morgan fingerprint density at radius 3 is 2.74 bits per heavy atom. The highest BCUT2D eigenvalue weighted by Gasteiger charge is 2.19. The van der Waals surface area contributed by atoms with Crippen LogP contribution in [0.3, 0.4) is 0 Å². The number of nitrogen functional groups attached to an aromatic ring is 1. The Morgan fingerprint density at radius 1 is 1.47 bits per heavy atom. The van der Waals surface area contributed by atoms with E-state index < -0.39 is 11.9 Å². The van der Waals surface area contributed by atoms with Gasteiger partial charge in [-0.3, -0.25) is 4.79 Å². The maximum Gasteiger partial charge on any atom is 0.260 e. The van der Waals surface area contributed by atoms with Crippen molar-refractivity contribution in [2.75, 3.05) is 5.73 Å². The first-order valence-corrected chi connectivity index (χ1v) is 6.46. The van der Waals surface area contributed by atoms with Crippen molar-refractivity contribution >= 4 is 11.6 Å². The second kappa shape index (κ2) is 6.97. The molecule has 0 heterocycles. The summed E-state index contributed by atoms with van der Waals surface area (Å²) in [5, 5.41) is 2.81. The minimum atomic E-state index is -0.793. The zero-order valence-electron chi connectivity index (χ0n) is 11.6. The Bertz CT molecular complexity index is 417. The highest BCUT2D eigenvalue weighted by atomic mass is 19.1. The Hall–Kier alpha value is -1.78. The van der Waals surface area contributed by atoms with E-state index in [1.54, 1.807) is 6.92 Å². The summed E-state index contributed by atoms with van der Waals surface area (Å²) in [6, 6.07) is 4.34. The summed E-state index contributed by atoms with van der Waals surface area (Å²) in [6.45, 7) is 5.54. The van der Waals surface area contributed by atoms with Crippen LogP contribution in [-0.2, 0) is 4.79 Å². The number of amides is 1. The molecule has 1 amide bonds. The largest absolute Gasteiger partial charge is 0.476 e. The van der Waals surface area contributed by atoms with E-state index >= 15 is 0 Å². The van der Waals surface area contributed by atoms with Gasteiger partial charge in [0.05, 0.1) is 5.69 Å². The molecule has 0 aromatic heterocycles. The molecule has 0 aliphatic heterocycles. The van der Waals surface area contributed by atoms with Crippen molar-refractivity contribution in [1.82, 2.24) is 5.32 Å². The molecule has 0 saturated carbocycles. The first-order chi connectivity index (χ1) is 8.95. The molecule has 2 atom stereocenters. The van der Waals surface area contributed by atoms with Gasteiger partial charge in [0.25, 0.3) is 5.91 Å². The number of para-hydroxylation sites is 1. The van der Waals surface area contributed by atoms with Crippen molar-refractivity contribution in [2.45, 2.75) is 45.8 Å². The fourth-order valence-corrected chi connectivity index (χ4v) is 1.75. The Labute approximate surface area is 113 Å². The van der Waals surface area contributed by atoms with Crippen LogP contribution in [0.1, 0.15) is 33.6 Å². The number of rotatable bonds is 6. The number of hydrogen-bond acceptors (Lipinski definition) is 3. The lowest BCUT2D eigenvalue weighted by atomic mass is 10.2. The molecule has 0 radical (unpaired) electrons. The third-order valence-electron chi connectivity index (χ3n) is 2.77. The van der Waals surface area contributed by atoms with Crippen LogP contribution < -0.4 is 15.8 Å². The number of carbonyl (C=O) groups excluding carboxylic acids is 1. The number of ether oxygens (including phenoxy) is 1. The molecule has 0 aliphatic carbocycles. The summed E-state index contributed by atoms with van der Waals surface area (Å²) in [5.41, 5.74) is 5.80. The van der Waals surface area contributed by atoms with E-state index in [0.717, 1.165) is 12.8 Å². The number of nitrogens with one attached hydrogen (secondary N) is 1. The van der Waals surface area contributed by atoms with Crippen molar-refractivity contribution in [3.8, 4) is 5.75 Å². The summed E-state index contributed by atoms with van der Waals surface area (Å²) < 4.78 is 18.8. The first-order valence-electron chi connectivity index (χ1n) is 6.46. The minimum Gasteiger partial charge on any atom is -0.476 e. The standard InChI is InChI=1S/C14H21FN2O2/c1-4-6-9(2)17-14(18)10(3)19-13-11(15)7-5-8-12(13)16/h5,7-10H,4,6,16H2,1-3H3,(H,17,18). The number of anilines is 1. The van der Waals surface area contributed by atoms with Gasteiger partial charge in [-0.15, -0.1) is 0 Å². The number of carbonyl (C=O) groups is 1. The van der Waals surface area contributed by atoms with E-state index in [2.05, 4.69) is 5.32 Å². The van der Waals surface area contributed by atoms with Crippen LogP contribution >= 0.6 is 0 Å². The predicted molar refractivity (Wildman–Crippen MR) is 73.4 cm³/mol. The topological polar surface area (TPSA) is 64.3 Å². The normalized spacial score (nSPS) is 13.7. The van der Waals surface area contributed by atoms with Gasteiger partial charge in [0.15, 0.2) is 17.7 Å². The Kier molecular flexibility index (Phi) is 5.60. The van der Waals surface area contributed by atoms with E-state index in [1.807, 2.05) is 13.8 Å². The van der Waals surface area contributed by atoms with Crippen LogP contribution in [0, 0.1) is 5.82 Å². The first kappa shape index (κ1) is 15.3. The SMILES string of the molecule is CCCC(C)NC(=O)C(C)Oc1c(N)cccc1F. The molecule has 19 heavy (non-hydrogen) atoms. The van der Waals surface area contributed by atoms with Gasteiger partial charge >= 0.3 is 0 Å². The van der Waals surface area contributed by atoms with Gasteiger partial charge in [-0.2, -0.15) is 0 Å². The quantitative estimate of drug-likeness (QED) is 0.779. The smallest absolute Gasteiger partial charge is 0.260 e. The molecule has 106 valence electrons. The van der Waals surface area contributed by atoms with E-state index in [0.29, 0.717) is 0 Å². The fourth-order valence-electron chi connectivity index (χ4n) is 1.75. The van der Waals surface area contributed by atoms with Crippen molar-refractivity contribution in [2.24, 2.45) is 0 Å². The molecule has 1 aromatic rings. The average Bonchev–Trinajstić information content (AvgIpc) is 2.34. The summed E-state index contributed by atoms with van der Waals surface area (Å²) in [5.74, 6) is -0.918. The Balaban J connectivity index is 2.64. The van der Waals surface area contributed by atoms with Crippen molar-refractivity contribution in [3.63, 3.8) is 0 Å². The van der Waals surface area contributed by atoms with Crippen LogP contribution in [0.4, 0.5) is 10.1 Å². The minimum absolute atomic E-state index is 0.0708. The van der Waals surface area contributed by atoms with Gasteiger partial charge in [-0.05, 0) is 32.4 Å². The molecule has 2 unspecified atom stereocenters. The molecule has 0 aliphatic rings. The highest BCUT2D eigenvalue weighted by Crippen LogP contribution is 2.25. The van der Waals surface area contributed by atoms with E-state index in [1.165, 1.54) is 18.2 Å². The lowest BCUT2D eigenvalue weighted by molar-refractivity contribution is -0.127. The zero-order chi connectivity index (χ0) is 14.4. The summed E-state index contributed by atoms with van der Waals surface area (Å²) in [7, 11) is 0. The zero-order valence-corrected chi connectivity index (χ0v) is 11.6. The number of hydrogen-bond donors (Lipinski definition) is 2. The molecule has 0 saturated heterocycles. The number of halogens is 1. The molecule has 3 N–H and O–H groups in total. The Morgan fingerprint density at radius 2 is 2.16 bits per heavy atom. The molecule has 0 fully saturated rings. The fraction of sp³-hybridized carbons (Fsp3) is 0.500. The predicted octanol–water partition coefficient (Wildman–Crippen LogP) is 2.48. The summed E-state index contributed by atoms with van der Waals surface area (Å²) in [4.78, 5) is 11.9. The maximum absolute atomic E-state index is 13.5. The van der Waals surface area contributed by atoms with Crippen molar-refractivity contribution < 1.29 is 13.9 Å². The van der Waals surface area contributed by atoms with Gasteiger partial charge < -0.3 is 15.8 Å². The van der Waals surface area contributed by atoms with Gasteiger partial charge in [0, 0.05) is 6.04 Å². The molecule has 0 spiro atoms. The molecule has 5 heteroatoms. The van der Waals surface area contributed by atoms with Gasteiger partial charge in [0.2, 0.25) is 0 Å². The average molecular weight is 268 g/mol. The lowest BCUT2D eigenvalue weighted by Crippen LogP contribution is -2.41. The summed E-state index contributed by atoms with van der Waals surface area (Å²) >= 11 is 0. The highest BCUT2D eigenvalue weighted by molar-refractivity contribution is 5.81. The summed E-state index contributed by atoms with van der Waals surface area (Å²) in [6.07, 6.45) is 1.08. The second-order valence-corrected chi connectivity index (χ2v) is 4.62. The van der Waals surface area contributed by atoms with E-state index in [-0.39, 0.29) is 23.4 Å². The molecule has 1 rings (SSSR count). The van der Waals surface area contributed by atoms with Crippen molar-refractivity contribution in [1.29, 1.82) is 0 Å². The van der Waals surface area contributed by atoms with Gasteiger partial charge in [-0.25, -0.2) is 4.39 Å². The third kappa shape index (κ3) is 4.43. The van der Waals surface area contributed by atoms with Crippen LogP contribution in [-0.4, -0.2) is 18.1 Å². The number of benzene rings is 1. The van der Waals surface area contributed by atoms with E-state index in [9.17, 15) is 9.18 Å². The molecule has 0 bridgehead atoms. The van der Waals surface area contributed by atoms with Crippen LogP contribution in [0.25, 0.3) is 0 Å². The number of nitrogens with two attached hydrogens (primary N) is 1.